The van der Waals surface area contributed by atoms with Crippen molar-refractivity contribution < 1.29 is 32.3 Å². The molecule has 0 aromatic heterocycles. The van der Waals surface area contributed by atoms with E-state index in [0.717, 1.165) is 29.0 Å². The lowest BCUT2D eigenvalue weighted by molar-refractivity contribution is -0.885. The predicted octanol–water partition coefficient (Wildman–Crippen LogP) is 2.57. The molecule has 150 valence electrons. The van der Waals surface area contributed by atoms with Crippen molar-refractivity contribution in [3.63, 3.8) is 0 Å². The molecule has 1 amide bonds. The summed E-state index contributed by atoms with van der Waals surface area (Å²) in [5.41, 5.74) is 0.425. The molecule has 28 heavy (non-hydrogen) atoms. The van der Waals surface area contributed by atoms with Crippen LogP contribution < -0.4 is 19.7 Å². The van der Waals surface area contributed by atoms with Gasteiger partial charge in [-0.25, -0.2) is 13.2 Å². The number of nitrogens with one attached hydrogen (secondary N) is 2. The first-order valence-electron chi connectivity index (χ1n) is 8.68. The Balaban J connectivity index is 1.63. The van der Waals surface area contributed by atoms with Gasteiger partial charge in [-0.15, -0.1) is 0 Å². The molecular formula is C19H19ClF3N2O3+. The van der Waals surface area contributed by atoms with Crippen molar-refractivity contribution in [3.8, 4) is 11.5 Å². The van der Waals surface area contributed by atoms with Gasteiger partial charge in [-0.3, -0.25) is 4.79 Å². The van der Waals surface area contributed by atoms with Gasteiger partial charge in [0.15, 0.2) is 35.5 Å². The van der Waals surface area contributed by atoms with E-state index in [-0.39, 0.29) is 6.54 Å². The number of fused-ring (bicyclic) bond motifs is 1. The third-order valence-electron chi connectivity index (χ3n) is 4.14. The van der Waals surface area contributed by atoms with E-state index in [1.54, 1.807) is 13.1 Å². The first kappa shape index (κ1) is 20.3. The first-order chi connectivity index (χ1) is 13.3. The number of hydrogen-bond acceptors (Lipinski definition) is 3. The van der Waals surface area contributed by atoms with E-state index in [4.69, 9.17) is 21.1 Å². The zero-order valence-electron chi connectivity index (χ0n) is 15.1. The molecule has 2 aromatic carbocycles. The molecule has 2 N–H and O–H groups in total. The fourth-order valence-electron chi connectivity index (χ4n) is 2.89. The summed E-state index contributed by atoms with van der Waals surface area (Å²) in [5.74, 6) is -3.85. The van der Waals surface area contributed by atoms with Gasteiger partial charge < -0.3 is 19.7 Å². The molecule has 1 aliphatic rings. The summed E-state index contributed by atoms with van der Waals surface area (Å²) in [4.78, 5) is 12.9. The molecule has 1 atom stereocenters. The Morgan fingerprint density at radius 2 is 1.93 bits per heavy atom. The SMILES string of the molecule is C[NH+](CC(=O)Nc1ccc(F)c(F)c1F)Cc1cc(Cl)c2c(c1)OCCCO2. The van der Waals surface area contributed by atoms with E-state index >= 15 is 0 Å². The number of rotatable bonds is 5. The number of amides is 1. The standard InChI is InChI=1S/C19H18ClF3N2O3/c1-25(10-16(26)24-14-4-3-13(21)17(22)18(14)23)9-11-7-12(20)19-15(8-11)27-5-2-6-28-19/h3-4,7-8H,2,5-6,9-10H2,1H3,(H,24,26)/p+1. The first-order valence-corrected chi connectivity index (χ1v) is 9.05. The van der Waals surface area contributed by atoms with Gasteiger partial charge in [-0.2, -0.15) is 0 Å². The van der Waals surface area contributed by atoms with Crippen molar-refractivity contribution in [2.75, 3.05) is 32.1 Å². The van der Waals surface area contributed by atoms with Crippen molar-refractivity contribution in [1.82, 2.24) is 0 Å². The Hall–Kier alpha value is -2.45. The number of halogens is 4. The number of hydrogen-bond donors (Lipinski definition) is 2. The van der Waals surface area contributed by atoms with Crippen LogP contribution in [0.4, 0.5) is 18.9 Å². The molecule has 2 aromatic rings. The Labute approximate surface area is 165 Å². The zero-order valence-corrected chi connectivity index (χ0v) is 15.8. The quantitative estimate of drug-likeness (QED) is 0.738. The average molecular weight is 416 g/mol. The summed E-state index contributed by atoms with van der Waals surface area (Å²) in [6.07, 6.45) is 0.756. The van der Waals surface area contributed by atoms with Crippen LogP contribution in [0.1, 0.15) is 12.0 Å². The maximum Gasteiger partial charge on any atom is 0.279 e. The highest BCUT2D eigenvalue weighted by molar-refractivity contribution is 6.32. The third-order valence-corrected chi connectivity index (χ3v) is 4.42. The Bertz CT molecular complexity index is 895. The van der Waals surface area contributed by atoms with Crippen LogP contribution in [0.5, 0.6) is 11.5 Å². The summed E-state index contributed by atoms with van der Waals surface area (Å²) < 4.78 is 51.1. The summed E-state index contributed by atoms with van der Waals surface area (Å²) in [5, 5.41) is 2.68. The van der Waals surface area contributed by atoms with Gasteiger partial charge in [-0.05, 0) is 24.3 Å². The predicted molar refractivity (Wildman–Crippen MR) is 97.5 cm³/mol. The van der Waals surface area contributed by atoms with Gasteiger partial charge in [0.25, 0.3) is 5.91 Å². The van der Waals surface area contributed by atoms with Gasteiger partial charge in [-0.1, -0.05) is 11.6 Å². The van der Waals surface area contributed by atoms with Crippen LogP contribution >= 0.6 is 11.6 Å². The smallest absolute Gasteiger partial charge is 0.279 e. The van der Waals surface area contributed by atoms with E-state index in [1.807, 2.05) is 6.07 Å². The largest absolute Gasteiger partial charge is 0.489 e. The van der Waals surface area contributed by atoms with Crippen LogP contribution in [0, 0.1) is 17.5 Å². The van der Waals surface area contributed by atoms with Crippen LogP contribution in [0.15, 0.2) is 24.3 Å². The van der Waals surface area contributed by atoms with Crippen LogP contribution in [0.25, 0.3) is 0 Å². The Kier molecular flexibility index (Phi) is 6.31. The average Bonchev–Trinajstić information content (AvgIpc) is 2.88. The van der Waals surface area contributed by atoms with Gasteiger partial charge in [0.2, 0.25) is 0 Å². The molecular weight excluding hydrogens is 397 g/mol. The van der Waals surface area contributed by atoms with Crippen LogP contribution in [0.2, 0.25) is 5.02 Å². The molecule has 0 saturated heterocycles. The summed E-state index contributed by atoms with van der Waals surface area (Å²) in [7, 11) is 1.76. The molecule has 1 heterocycles. The van der Waals surface area contributed by atoms with Gasteiger partial charge in [0, 0.05) is 12.0 Å². The minimum Gasteiger partial charge on any atom is -0.489 e. The minimum absolute atomic E-state index is 0.0233. The molecule has 0 bridgehead atoms. The lowest BCUT2D eigenvalue weighted by atomic mass is 10.2. The van der Waals surface area contributed by atoms with Gasteiger partial charge in [0.1, 0.15) is 6.54 Å². The maximum absolute atomic E-state index is 13.7. The highest BCUT2D eigenvalue weighted by atomic mass is 35.5. The second-order valence-electron chi connectivity index (χ2n) is 6.54. The molecule has 0 radical (unpaired) electrons. The highest BCUT2D eigenvalue weighted by Crippen LogP contribution is 2.37. The van der Waals surface area contributed by atoms with E-state index in [2.05, 4.69) is 5.32 Å². The lowest BCUT2D eigenvalue weighted by Crippen LogP contribution is -3.08. The molecule has 3 rings (SSSR count). The summed E-state index contributed by atoms with van der Waals surface area (Å²) >= 11 is 6.26. The number of carbonyl (C=O) groups excluding carboxylic acids is 1. The number of likely N-dealkylation sites (N-methyl/N-ethyl adjacent to an activating group) is 1. The molecule has 1 aliphatic heterocycles. The molecule has 0 fully saturated rings. The molecule has 1 unspecified atom stereocenters. The number of benzene rings is 2. The second kappa shape index (κ2) is 8.70. The molecule has 0 aliphatic carbocycles. The van der Waals surface area contributed by atoms with Crippen LogP contribution in [-0.2, 0) is 11.3 Å². The minimum atomic E-state index is -1.62. The Morgan fingerprint density at radius 3 is 2.71 bits per heavy atom. The second-order valence-corrected chi connectivity index (χ2v) is 6.94. The number of anilines is 1. The van der Waals surface area contributed by atoms with E-state index in [0.29, 0.717) is 36.3 Å². The molecule has 5 nitrogen and oxygen atoms in total. The fourth-order valence-corrected chi connectivity index (χ4v) is 3.18. The van der Waals surface area contributed by atoms with E-state index < -0.39 is 29.0 Å². The topological polar surface area (TPSA) is 52.0 Å². The molecule has 0 spiro atoms. The van der Waals surface area contributed by atoms with Crippen molar-refractivity contribution in [2.24, 2.45) is 0 Å². The normalized spacial score (nSPS) is 14.3. The van der Waals surface area contributed by atoms with Crippen LogP contribution in [-0.4, -0.2) is 32.7 Å². The van der Waals surface area contributed by atoms with E-state index in [9.17, 15) is 18.0 Å². The highest BCUT2D eigenvalue weighted by Gasteiger charge is 2.19. The van der Waals surface area contributed by atoms with Crippen molar-refractivity contribution >= 4 is 23.2 Å². The fraction of sp³-hybridized carbons (Fsp3) is 0.316. The molecule has 0 saturated carbocycles. The zero-order chi connectivity index (χ0) is 20.3. The third kappa shape index (κ3) is 4.69. The summed E-state index contributed by atoms with van der Waals surface area (Å²) in [6, 6.07) is 5.28. The van der Waals surface area contributed by atoms with Gasteiger partial charge in [0.05, 0.1) is 31.0 Å². The van der Waals surface area contributed by atoms with Crippen molar-refractivity contribution in [1.29, 1.82) is 0 Å². The van der Waals surface area contributed by atoms with E-state index in [1.165, 1.54) is 0 Å². The van der Waals surface area contributed by atoms with Crippen LogP contribution in [0.3, 0.4) is 0 Å². The number of quaternary nitrogens is 1. The lowest BCUT2D eigenvalue weighted by Gasteiger charge is -2.16. The van der Waals surface area contributed by atoms with Crippen molar-refractivity contribution in [3.05, 3.63) is 52.3 Å². The number of ether oxygens (including phenoxy) is 2. The molecule has 9 heteroatoms. The Morgan fingerprint density at radius 1 is 1.18 bits per heavy atom. The monoisotopic (exact) mass is 415 g/mol. The van der Waals surface area contributed by atoms with Gasteiger partial charge >= 0.3 is 0 Å². The summed E-state index contributed by atoms with van der Waals surface area (Å²) in [6.45, 7) is 1.46. The number of carbonyl (C=O) groups is 1. The van der Waals surface area contributed by atoms with Crippen molar-refractivity contribution in [2.45, 2.75) is 13.0 Å². The maximum atomic E-state index is 13.7.